The molecule has 1 heterocycles. The first kappa shape index (κ1) is 14.9. The Labute approximate surface area is 116 Å². The fourth-order valence-corrected chi connectivity index (χ4v) is 2.54. The SMILES string of the molecule is Cc1cccc2sc(NC(=O)CCCN)nc12.Cl. The molecule has 0 radical (unpaired) electrons. The van der Waals surface area contributed by atoms with Crippen molar-refractivity contribution in [3.8, 4) is 0 Å². The van der Waals surface area contributed by atoms with Crippen LogP contribution in [0.3, 0.4) is 0 Å². The van der Waals surface area contributed by atoms with Gasteiger partial charge in [-0.25, -0.2) is 4.98 Å². The highest BCUT2D eigenvalue weighted by Crippen LogP contribution is 2.27. The van der Waals surface area contributed by atoms with Gasteiger partial charge in [-0.3, -0.25) is 4.79 Å². The van der Waals surface area contributed by atoms with E-state index in [1.165, 1.54) is 11.3 Å². The third-order valence-corrected chi connectivity index (χ3v) is 3.41. The largest absolute Gasteiger partial charge is 0.330 e. The molecule has 0 bridgehead atoms. The van der Waals surface area contributed by atoms with E-state index in [0.29, 0.717) is 24.5 Å². The smallest absolute Gasteiger partial charge is 0.226 e. The Morgan fingerprint density at radius 3 is 2.94 bits per heavy atom. The van der Waals surface area contributed by atoms with Gasteiger partial charge in [0, 0.05) is 6.42 Å². The number of amides is 1. The number of nitrogens with one attached hydrogen (secondary N) is 1. The van der Waals surface area contributed by atoms with Gasteiger partial charge in [0.15, 0.2) is 5.13 Å². The van der Waals surface area contributed by atoms with E-state index in [9.17, 15) is 4.79 Å². The molecule has 4 nitrogen and oxygen atoms in total. The van der Waals surface area contributed by atoms with E-state index in [1.54, 1.807) is 0 Å². The average Bonchev–Trinajstić information content (AvgIpc) is 2.70. The van der Waals surface area contributed by atoms with Crippen LogP contribution in [-0.2, 0) is 4.79 Å². The standard InChI is InChI=1S/C12H15N3OS.ClH/c1-8-4-2-5-9-11(8)15-12(17-9)14-10(16)6-3-7-13;/h2,4-5H,3,6-7,13H2,1H3,(H,14,15,16);1H. The molecule has 0 unspecified atom stereocenters. The first-order valence-electron chi connectivity index (χ1n) is 5.57. The first-order chi connectivity index (χ1) is 8.20. The van der Waals surface area contributed by atoms with Crippen molar-refractivity contribution in [3.05, 3.63) is 23.8 Å². The molecular formula is C12H16ClN3OS. The molecule has 1 amide bonds. The maximum absolute atomic E-state index is 11.5. The van der Waals surface area contributed by atoms with E-state index in [0.717, 1.165) is 15.8 Å². The summed E-state index contributed by atoms with van der Waals surface area (Å²) in [6, 6.07) is 6.02. The normalized spacial score (nSPS) is 10.1. The number of thiazole rings is 1. The zero-order chi connectivity index (χ0) is 12.3. The number of carbonyl (C=O) groups is 1. The zero-order valence-corrected chi connectivity index (χ0v) is 11.7. The topological polar surface area (TPSA) is 68.0 Å². The fourth-order valence-electron chi connectivity index (χ4n) is 1.58. The van der Waals surface area contributed by atoms with E-state index in [-0.39, 0.29) is 18.3 Å². The lowest BCUT2D eigenvalue weighted by Gasteiger charge is -1.99. The van der Waals surface area contributed by atoms with Gasteiger partial charge in [-0.15, -0.1) is 12.4 Å². The molecule has 2 rings (SSSR count). The van der Waals surface area contributed by atoms with E-state index < -0.39 is 0 Å². The second-order valence-electron chi connectivity index (χ2n) is 3.88. The molecule has 0 spiro atoms. The van der Waals surface area contributed by atoms with Crippen LogP contribution in [0.1, 0.15) is 18.4 Å². The molecule has 1 aromatic carbocycles. The number of anilines is 1. The predicted octanol–water partition coefficient (Wildman–Crippen LogP) is 2.70. The van der Waals surface area contributed by atoms with Crippen LogP contribution in [0.15, 0.2) is 18.2 Å². The maximum atomic E-state index is 11.5. The van der Waals surface area contributed by atoms with Crippen molar-refractivity contribution in [1.82, 2.24) is 4.98 Å². The van der Waals surface area contributed by atoms with Gasteiger partial charge < -0.3 is 11.1 Å². The Morgan fingerprint density at radius 2 is 2.28 bits per heavy atom. The number of rotatable bonds is 4. The van der Waals surface area contributed by atoms with Crippen LogP contribution in [-0.4, -0.2) is 17.4 Å². The predicted molar refractivity (Wildman–Crippen MR) is 78.5 cm³/mol. The first-order valence-corrected chi connectivity index (χ1v) is 6.38. The number of halogens is 1. The number of para-hydroxylation sites is 1. The van der Waals surface area contributed by atoms with Crippen LogP contribution >= 0.6 is 23.7 Å². The quantitative estimate of drug-likeness (QED) is 0.907. The van der Waals surface area contributed by atoms with E-state index >= 15 is 0 Å². The Bertz CT molecular complexity index is 541. The van der Waals surface area contributed by atoms with Gasteiger partial charge in [0.1, 0.15) is 0 Å². The number of nitrogens with zero attached hydrogens (tertiary/aromatic N) is 1. The highest BCUT2D eigenvalue weighted by Gasteiger charge is 2.08. The van der Waals surface area contributed by atoms with Crippen LogP contribution < -0.4 is 11.1 Å². The van der Waals surface area contributed by atoms with Gasteiger partial charge in [-0.05, 0) is 31.5 Å². The molecule has 0 saturated carbocycles. The number of benzene rings is 1. The molecule has 0 fully saturated rings. The van der Waals surface area contributed by atoms with Gasteiger partial charge >= 0.3 is 0 Å². The molecule has 0 atom stereocenters. The number of aryl methyl sites for hydroxylation is 1. The van der Waals surface area contributed by atoms with Crippen molar-refractivity contribution in [2.45, 2.75) is 19.8 Å². The molecule has 0 aliphatic rings. The van der Waals surface area contributed by atoms with E-state index in [4.69, 9.17) is 5.73 Å². The van der Waals surface area contributed by atoms with Crippen molar-refractivity contribution < 1.29 is 4.79 Å². The molecule has 0 aliphatic heterocycles. The minimum Gasteiger partial charge on any atom is -0.330 e. The lowest BCUT2D eigenvalue weighted by atomic mass is 10.2. The third kappa shape index (κ3) is 3.41. The van der Waals surface area contributed by atoms with Crippen LogP contribution in [0.4, 0.5) is 5.13 Å². The van der Waals surface area contributed by atoms with Gasteiger partial charge in [0.2, 0.25) is 5.91 Å². The summed E-state index contributed by atoms with van der Waals surface area (Å²) < 4.78 is 1.10. The highest BCUT2D eigenvalue weighted by atomic mass is 35.5. The summed E-state index contributed by atoms with van der Waals surface area (Å²) in [7, 11) is 0. The highest BCUT2D eigenvalue weighted by molar-refractivity contribution is 7.22. The van der Waals surface area contributed by atoms with Crippen LogP contribution in [0.5, 0.6) is 0 Å². The maximum Gasteiger partial charge on any atom is 0.226 e. The molecule has 2 aromatic rings. The van der Waals surface area contributed by atoms with Gasteiger partial charge in [0.25, 0.3) is 0 Å². The van der Waals surface area contributed by atoms with Gasteiger partial charge in [0.05, 0.1) is 10.2 Å². The molecular weight excluding hydrogens is 270 g/mol. The van der Waals surface area contributed by atoms with Gasteiger partial charge in [-0.1, -0.05) is 23.5 Å². The lowest BCUT2D eigenvalue weighted by molar-refractivity contribution is -0.116. The zero-order valence-electron chi connectivity index (χ0n) is 10.1. The van der Waals surface area contributed by atoms with Crippen LogP contribution in [0.2, 0.25) is 0 Å². The fraction of sp³-hybridized carbons (Fsp3) is 0.333. The summed E-state index contributed by atoms with van der Waals surface area (Å²) in [5.41, 5.74) is 7.45. The van der Waals surface area contributed by atoms with Crippen LogP contribution in [0, 0.1) is 6.92 Å². The monoisotopic (exact) mass is 285 g/mol. The van der Waals surface area contributed by atoms with Gasteiger partial charge in [-0.2, -0.15) is 0 Å². The van der Waals surface area contributed by atoms with Crippen molar-refractivity contribution in [2.24, 2.45) is 5.73 Å². The van der Waals surface area contributed by atoms with E-state index in [1.807, 2.05) is 25.1 Å². The summed E-state index contributed by atoms with van der Waals surface area (Å²) in [6.07, 6.45) is 1.15. The lowest BCUT2D eigenvalue weighted by Crippen LogP contribution is -2.13. The summed E-state index contributed by atoms with van der Waals surface area (Å²) >= 11 is 1.50. The molecule has 0 saturated heterocycles. The van der Waals surface area contributed by atoms with Crippen molar-refractivity contribution in [2.75, 3.05) is 11.9 Å². The van der Waals surface area contributed by atoms with E-state index in [2.05, 4.69) is 10.3 Å². The summed E-state index contributed by atoms with van der Waals surface area (Å²) in [5, 5.41) is 3.47. The Hall–Kier alpha value is -1.17. The second kappa shape index (κ2) is 6.68. The number of carbonyl (C=O) groups excluding carboxylic acids is 1. The molecule has 0 aliphatic carbocycles. The number of hydrogen-bond donors (Lipinski definition) is 2. The minimum atomic E-state index is -0.0211. The summed E-state index contributed by atoms with van der Waals surface area (Å²) in [5.74, 6) is -0.0211. The number of fused-ring (bicyclic) bond motifs is 1. The van der Waals surface area contributed by atoms with Crippen molar-refractivity contribution in [3.63, 3.8) is 0 Å². The third-order valence-electron chi connectivity index (χ3n) is 2.48. The molecule has 98 valence electrons. The molecule has 1 aromatic heterocycles. The Kier molecular flexibility index (Phi) is 5.53. The molecule has 18 heavy (non-hydrogen) atoms. The average molecular weight is 286 g/mol. The second-order valence-corrected chi connectivity index (χ2v) is 4.91. The Morgan fingerprint density at radius 1 is 1.50 bits per heavy atom. The molecule has 6 heteroatoms. The minimum absolute atomic E-state index is 0. The summed E-state index contributed by atoms with van der Waals surface area (Å²) in [4.78, 5) is 15.9. The van der Waals surface area contributed by atoms with Crippen LogP contribution in [0.25, 0.3) is 10.2 Å². The number of nitrogens with two attached hydrogens (primary N) is 1. The van der Waals surface area contributed by atoms with Crippen molar-refractivity contribution in [1.29, 1.82) is 0 Å². The van der Waals surface area contributed by atoms with Crippen molar-refractivity contribution >= 4 is 45.0 Å². The molecule has 3 N–H and O–H groups in total. The summed E-state index contributed by atoms with van der Waals surface area (Å²) in [6.45, 7) is 2.55. The number of aromatic nitrogens is 1. The number of hydrogen-bond acceptors (Lipinski definition) is 4. The Balaban J connectivity index is 0.00000162.